The van der Waals surface area contributed by atoms with Crippen molar-refractivity contribution < 1.29 is 4.74 Å². The van der Waals surface area contributed by atoms with Gasteiger partial charge < -0.3 is 10.1 Å². The molecule has 1 aliphatic heterocycles. The first-order valence-electron chi connectivity index (χ1n) is 8.15. The van der Waals surface area contributed by atoms with Crippen LogP contribution in [-0.4, -0.2) is 48.7 Å². The Morgan fingerprint density at radius 1 is 1.14 bits per heavy atom. The Morgan fingerprint density at radius 3 is 2.81 bits per heavy atom. The fourth-order valence-corrected chi connectivity index (χ4v) is 3.49. The van der Waals surface area contributed by atoms with E-state index in [1.54, 1.807) is 0 Å². The largest absolute Gasteiger partial charge is 0.492 e. The quantitative estimate of drug-likeness (QED) is 0.837. The molecule has 3 rings (SSSR count). The molecule has 4 heteroatoms. The zero-order chi connectivity index (χ0) is 14.3. The average molecular weight is 306 g/mol. The van der Waals surface area contributed by atoms with Gasteiger partial charge in [0.25, 0.3) is 0 Å². The SMILES string of the molecule is c1cc(OCCN2CCCSCC2)ccc1CNC1CC1. The zero-order valence-corrected chi connectivity index (χ0v) is 13.5. The van der Waals surface area contributed by atoms with E-state index in [9.17, 15) is 0 Å². The van der Waals surface area contributed by atoms with Gasteiger partial charge in [-0.3, -0.25) is 4.90 Å². The van der Waals surface area contributed by atoms with Gasteiger partial charge >= 0.3 is 0 Å². The van der Waals surface area contributed by atoms with Crippen molar-refractivity contribution in [3.8, 4) is 5.75 Å². The van der Waals surface area contributed by atoms with E-state index in [0.717, 1.165) is 31.5 Å². The van der Waals surface area contributed by atoms with E-state index >= 15 is 0 Å². The second kappa shape index (κ2) is 8.06. The van der Waals surface area contributed by atoms with E-state index in [4.69, 9.17) is 4.74 Å². The number of nitrogens with zero attached hydrogens (tertiary/aromatic N) is 1. The van der Waals surface area contributed by atoms with Gasteiger partial charge in [-0.05, 0) is 49.3 Å². The maximum atomic E-state index is 5.87. The van der Waals surface area contributed by atoms with Crippen LogP contribution in [0.15, 0.2) is 24.3 Å². The molecule has 1 aromatic carbocycles. The Hall–Kier alpha value is -0.710. The van der Waals surface area contributed by atoms with Crippen molar-refractivity contribution in [2.24, 2.45) is 0 Å². The Morgan fingerprint density at radius 2 is 2.00 bits per heavy atom. The van der Waals surface area contributed by atoms with Gasteiger partial charge in [-0.15, -0.1) is 0 Å². The summed E-state index contributed by atoms with van der Waals surface area (Å²) in [4.78, 5) is 2.52. The normalized spacial score (nSPS) is 20.2. The lowest BCUT2D eigenvalue weighted by Crippen LogP contribution is -2.30. The van der Waals surface area contributed by atoms with E-state index in [1.807, 2.05) is 0 Å². The molecule has 1 aromatic rings. The van der Waals surface area contributed by atoms with Gasteiger partial charge in [0.1, 0.15) is 12.4 Å². The molecule has 0 aromatic heterocycles. The summed E-state index contributed by atoms with van der Waals surface area (Å²) in [5.41, 5.74) is 1.35. The third kappa shape index (κ3) is 5.53. The second-order valence-electron chi connectivity index (χ2n) is 5.96. The van der Waals surface area contributed by atoms with Crippen LogP contribution >= 0.6 is 11.8 Å². The predicted octanol–water partition coefficient (Wildman–Crippen LogP) is 2.76. The topological polar surface area (TPSA) is 24.5 Å². The molecule has 0 atom stereocenters. The van der Waals surface area contributed by atoms with Gasteiger partial charge in [-0.2, -0.15) is 11.8 Å². The first-order valence-corrected chi connectivity index (χ1v) is 9.31. The molecule has 116 valence electrons. The number of nitrogens with one attached hydrogen (secondary N) is 1. The van der Waals surface area contributed by atoms with Crippen molar-refractivity contribution in [3.63, 3.8) is 0 Å². The lowest BCUT2D eigenvalue weighted by Gasteiger charge is -2.19. The molecule has 3 nitrogen and oxygen atoms in total. The van der Waals surface area contributed by atoms with E-state index < -0.39 is 0 Å². The number of ether oxygens (including phenoxy) is 1. The fraction of sp³-hybridized carbons (Fsp3) is 0.647. The maximum Gasteiger partial charge on any atom is 0.119 e. The van der Waals surface area contributed by atoms with Crippen LogP contribution in [0.25, 0.3) is 0 Å². The molecule has 2 fully saturated rings. The molecule has 1 aliphatic carbocycles. The molecule has 1 N–H and O–H groups in total. The van der Waals surface area contributed by atoms with Crippen LogP contribution in [0.1, 0.15) is 24.8 Å². The highest BCUT2D eigenvalue weighted by atomic mass is 32.2. The van der Waals surface area contributed by atoms with Crippen molar-refractivity contribution in [2.45, 2.75) is 31.8 Å². The molecular weight excluding hydrogens is 280 g/mol. The van der Waals surface area contributed by atoms with Gasteiger partial charge in [0.2, 0.25) is 0 Å². The minimum atomic E-state index is 0.771. The van der Waals surface area contributed by atoms with Crippen molar-refractivity contribution >= 4 is 11.8 Å². The third-order valence-electron chi connectivity index (χ3n) is 4.09. The molecule has 0 radical (unpaired) electrons. The van der Waals surface area contributed by atoms with Crippen LogP contribution in [0.2, 0.25) is 0 Å². The molecule has 1 saturated heterocycles. The summed E-state index contributed by atoms with van der Waals surface area (Å²) in [5.74, 6) is 3.57. The van der Waals surface area contributed by atoms with E-state index in [0.29, 0.717) is 0 Å². The third-order valence-corrected chi connectivity index (χ3v) is 5.14. The van der Waals surface area contributed by atoms with Crippen LogP contribution < -0.4 is 10.1 Å². The number of thioether (sulfide) groups is 1. The van der Waals surface area contributed by atoms with Crippen LogP contribution in [-0.2, 0) is 6.54 Å². The van der Waals surface area contributed by atoms with Gasteiger partial charge in [0.15, 0.2) is 0 Å². The number of benzene rings is 1. The summed E-state index contributed by atoms with van der Waals surface area (Å²) in [6, 6.07) is 9.32. The highest BCUT2D eigenvalue weighted by Gasteiger charge is 2.19. The van der Waals surface area contributed by atoms with E-state index in [2.05, 4.69) is 46.2 Å². The summed E-state index contributed by atoms with van der Waals surface area (Å²) in [6.45, 7) is 5.26. The van der Waals surface area contributed by atoms with Crippen LogP contribution in [0.3, 0.4) is 0 Å². The van der Waals surface area contributed by atoms with Crippen LogP contribution in [0, 0.1) is 0 Å². The van der Waals surface area contributed by atoms with Gasteiger partial charge in [-0.1, -0.05) is 12.1 Å². The van der Waals surface area contributed by atoms with Crippen molar-refractivity contribution in [3.05, 3.63) is 29.8 Å². The predicted molar refractivity (Wildman–Crippen MR) is 90.2 cm³/mol. The van der Waals surface area contributed by atoms with E-state index in [1.165, 1.54) is 49.4 Å². The minimum Gasteiger partial charge on any atom is -0.492 e. The van der Waals surface area contributed by atoms with Gasteiger partial charge in [0, 0.05) is 31.4 Å². The molecule has 0 bridgehead atoms. The Bertz CT molecular complexity index is 411. The highest BCUT2D eigenvalue weighted by Crippen LogP contribution is 2.20. The molecular formula is C17H26N2OS. The fourth-order valence-electron chi connectivity index (χ4n) is 2.57. The lowest BCUT2D eigenvalue weighted by atomic mass is 10.2. The van der Waals surface area contributed by atoms with Crippen LogP contribution in [0.4, 0.5) is 0 Å². The Kier molecular flexibility index (Phi) is 5.83. The highest BCUT2D eigenvalue weighted by molar-refractivity contribution is 7.99. The molecule has 1 saturated carbocycles. The lowest BCUT2D eigenvalue weighted by molar-refractivity contribution is 0.219. The Balaban J connectivity index is 1.36. The molecule has 0 spiro atoms. The average Bonchev–Trinajstić information content (AvgIpc) is 3.34. The molecule has 2 aliphatic rings. The minimum absolute atomic E-state index is 0.771. The summed E-state index contributed by atoms with van der Waals surface area (Å²) in [5, 5.41) is 3.53. The second-order valence-corrected chi connectivity index (χ2v) is 7.18. The first-order chi connectivity index (χ1) is 10.4. The van der Waals surface area contributed by atoms with Gasteiger partial charge in [0.05, 0.1) is 0 Å². The molecule has 1 heterocycles. The zero-order valence-electron chi connectivity index (χ0n) is 12.7. The van der Waals surface area contributed by atoms with E-state index in [-0.39, 0.29) is 0 Å². The summed E-state index contributed by atoms with van der Waals surface area (Å²) < 4.78 is 5.87. The summed E-state index contributed by atoms with van der Waals surface area (Å²) >= 11 is 2.07. The van der Waals surface area contributed by atoms with Crippen molar-refractivity contribution in [1.29, 1.82) is 0 Å². The monoisotopic (exact) mass is 306 g/mol. The number of hydrogen-bond acceptors (Lipinski definition) is 4. The smallest absolute Gasteiger partial charge is 0.119 e. The maximum absolute atomic E-state index is 5.87. The van der Waals surface area contributed by atoms with Crippen molar-refractivity contribution in [2.75, 3.05) is 37.7 Å². The molecule has 21 heavy (non-hydrogen) atoms. The summed E-state index contributed by atoms with van der Waals surface area (Å²) in [7, 11) is 0. The van der Waals surface area contributed by atoms with Gasteiger partial charge in [-0.25, -0.2) is 0 Å². The molecule has 0 amide bonds. The standard InChI is InChI=1S/C17H26N2OS/c1-8-19(10-13-21-12-1)9-11-20-17-6-2-15(3-7-17)14-18-16-4-5-16/h2-3,6-7,16,18H,1,4-5,8-14H2. The summed E-state index contributed by atoms with van der Waals surface area (Å²) in [6.07, 6.45) is 4.00. The first kappa shape index (κ1) is 15.2. The molecule has 0 unspecified atom stereocenters. The van der Waals surface area contributed by atoms with Crippen molar-refractivity contribution in [1.82, 2.24) is 10.2 Å². The number of rotatable bonds is 7. The Labute approximate surface area is 132 Å². The number of hydrogen-bond donors (Lipinski definition) is 1. The van der Waals surface area contributed by atoms with Crippen LogP contribution in [0.5, 0.6) is 5.75 Å².